The van der Waals surface area contributed by atoms with Gasteiger partial charge in [-0.15, -0.1) is 11.3 Å². The summed E-state index contributed by atoms with van der Waals surface area (Å²) in [5.41, 5.74) is 0. The summed E-state index contributed by atoms with van der Waals surface area (Å²) in [5.74, 6) is 2.05. The van der Waals surface area contributed by atoms with Gasteiger partial charge >= 0.3 is 0 Å². The molecule has 0 fully saturated rings. The molecule has 2 aromatic rings. The second-order valence-electron chi connectivity index (χ2n) is 4.97. The number of thiophene rings is 1. The normalized spacial score (nSPS) is 13.1. The molecule has 2 aromatic heterocycles. The van der Waals surface area contributed by atoms with Crippen LogP contribution in [0.3, 0.4) is 0 Å². The van der Waals surface area contributed by atoms with E-state index in [0.717, 1.165) is 31.1 Å². The van der Waals surface area contributed by atoms with E-state index in [9.17, 15) is 0 Å². The summed E-state index contributed by atoms with van der Waals surface area (Å²) in [7, 11) is 0. The highest BCUT2D eigenvalue weighted by Gasteiger charge is 2.17. The summed E-state index contributed by atoms with van der Waals surface area (Å²) >= 11 is 1.72. The van der Waals surface area contributed by atoms with Gasteiger partial charge in [-0.2, -0.15) is 4.98 Å². The summed E-state index contributed by atoms with van der Waals surface area (Å²) in [6.07, 6.45) is 1.55. The van der Waals surface area contributed by atoms with E-state index in [1.54, 1.807) is 11.3 Å². The van der Waals surface area contributed by atoms with Crippen LogP contribution in [0.15, 0.2) is 22.0 Å². The molecule has 0 aliphatic heterocycles. The van der Waals surface area contributed by atoms with Crippen molar-refractivity contribution in [3.63, 3.8) is 0 Å². The Bertz CT molecular complexity index is 479. The highest BCUT2D eigenvalue weighted by atomic mass is 32.1. The summed E-state index contributed by atoms with van der Waals surface area (Å²) in [6, 6.07) is 4.53. The van der Waals surface area contributed by atoms with Gasteiger partial charge < -0.3 is 9.84 Å². The molecule has 0 saturated heterocycles. The van der Waals surface area contributed by atoms with Crippen LogP contribution in [-0.2, 0) is 12.8 Å². The molecule has 2 heterocycles. The Morgan fingerprint density at radius 2 is 2.26 bits per heavy atom. The molecule has 0 amide bonds. The van der Waals surface area contributed by atoms with Crippen molar-refractivity contribution in [3.05, 3.63) is 34.1 Å². The molecule has 2 rings (SSSR count). The molecule has 1 N–H and O–H groups in total. The number of rotatable bonds is 7. The molecule has 0 bridgehead atoms. The molecular weight excluding hydrogens is 258 g/mol. The van der Waals surface area contributed by atoms with Crippen LogP contribution < -0.4 is 5.32 Å². The van der Waals surface area contributed by atoms with Gasteiger partial charge in [0.1, 0.15) is 0 Å². The van der Waals surface area contributed by atoms with Crippen molar-refractivity contribution in [1.82, 2.24) is 15.5 Å². The Labute approximate surface area is 118 Å². The molecular formula is C14H21N3OS. The maximum atomic E-state index is 5.34. The molecule has 0 spiro atoms. The third-order valence-corrected chi connectivity index (χ3v) is 3.96. The van der Waals surface area contributed by atoms with Crippen LogP contribution in [0.4, 0.5) is 0 Å². The van der Waals surface area contributed by atoms with Crippen molar-refractivity contribution < 1.29 is 4.52 Å². The van der Waals surface area contributed by atoms with Crippen LogP contribution in [0, 0.1) is 5.92 Å². The summed E-state index contributed by atoms with van der Waals surface area (Å²) in [5, 5.41) is 9.58. The molecule has 0 radical (unpaired) electrons. The molecule has 104 valence electrons. The van der Waals surface area contributed by atoms with Gasteiger partial charge in [0.15, 0.2) is 5.82 Å². The minimum atomic E-state index is 0.389. The van der Waals surface area contributed by atoms with Crippen LogP contribution in [0.25, 0.3) is 0 Å². The lowest BCUT2D eigenvalue weighted by Gasteiger charge is -2.19. The lowest BCUT2D eigenvalue weighted by molar-refractivity contribution is 0.327. The minimum Gasteiger partial charge on any atom is -0.339 e. The first-order valence-corrected chi connectivity index (χ1v) is 7.64. The van der Waals surface area contributed by atoms with Gasteiger partial charge in [-0.3, -0.25) is 0 Å². The predicted octanol–water partition coefficient (Wildman–Crippen LogP) is 2.90. The SMILES string of the molecule is CCNC(Cc1nc(Cc2cccs2)no1)C(C)C. The average molecular weight is 279 g/mol. The summed E-state index contributed by atoms with van der Waals surface area (Å²) in [4.78, 5) is 5.74. The maximum absolute atomic E-state index is 5.34. The standard InChI is InChI=1S/C14H21N3OS/c1-4-15-12(10(2)3)9-14-16-13(17-18-14)8-11-6-5-7-19-11/h5-7,10,12,15H,4,8-9H2,1-3H3. The van der Waals surface area contributed by atoms with E-state index in [1.165, 1.54) is 4.88 Å². The van der Waals surface area contributed by atoms with Crippen LogP contribution in [0.1, 0.15) is 37.4 Å². The molecule has 5 heteroatoms. The fourth-order valence-electron chi connectivity index (χ4n) is 2.01. The Morgan fingerprint density at radius 3 is 2.89 bits per heavy atom. The number of hydrogen-bond acceptors (Lipinski definition) is 5. The van der Waals surface area contributed by atoms with E-state index in [1.807, 2.05) is 6.07 Å². The molecule has 0 aromatic carbocycles. The zero-order valence-corrected chi connectivity index (χ0v) is 12.5. The topological polar surface area (TPSA) is 51.0 Å². The van der Waals surface area contributed by atoms with Gasteiger partial charge in [0.05, 0.1) is 0 Å². The Hall–Kier alpha value is -1.20. The third kappa shape index (κ3) is 4.14. The summed E-state index contributed by atoms with van der Waals surface area (Å²) < 4.78 is 5.34. The van der Waals surface area contributed by atoms with Gasteiger partial charge in [0.2, 0.25) is 5.89 Å². The van der Waals surface area contributed by atoms with Crippen molar-refractivity contribution in [3.8, 4) is 0 Å². The van der Waals surface area contributed by atoms with E-state index in [0.29, 0.717) is 12.0 Å². The van der Waals surface area contributed by atoms with E-state index in [2.05, 4.69) is 47.7 Å². The fraction of sp³-hybridized carbons (Fsp3) is 0.571. The van der Waals surface area contributed by atoms with Crippen LogP contribution >= 0.6 is 11.3 Å². The Kier molecular flexibility index (Phi) is 5.10. The monoisotopic (exact) mass is 279 g/mol. The lowest BCUT2D eigenvalue weighted by atomic mass is 10.0. The first-order valence-electron chi connectivity index (χ1n) is 6.76. The highest BCUT2D eigenvalue weighted by molar-refractivity contribution is 7.09. The lowest BCUT2D eigenvalue weighted by Crippen LogP contribution is -2.35. The third-order valence-electron chi connectivity index (χ3n) is 3.09. The molecule has 19 heavy (non-hydrogen) atoms. The second-order valence-corrected chi connectivity index (χ2v) is 6.01. The number of nitrogens with zero attached hydrogens (tertiary/aromatic N) is 2. The van der Waals surface area contributed by atoms with E-state index >= 15 is 0 Å². The molecule has 0 aliphatic rings. The zero-order valence-electron chi connectivity index (χ0n) is 11.7. The first-order chi connectivity index (χ1) is 9.19. The van der Waals surface area contributed by atoms with Crippen molar-refractivity contribution in [2.24, 2.45) is 5.92 Å². The predicted molar refractivity (Wildman–Crippen MR) is 77.4 cm³/mol. The van der Waals surface area contributed by atoms with E-state index in [4.69, 9.17) is 4.52 Å². The Balaban J connectivity index is 1.96. The number of aromatic nitrogens is 2. The van der Waals surface area contributed by atoms with Crippen LogP contribution in [-0.4, -0.2) is 22.7 Å². The highest BCUT2D eigenvalue weighted by Crippen LogP contribution is 2.14. The molecule has 1 unspecified atom stereocenters. The second kappa shape index (κ2) is 6.82. The first kappa shape index (κ1) is 14.2. The molecule has 0 saturated carbocycles. The quantitative estimate of drug-likeness (QED) is 0.846. The number of likely N-dealkylation sites (N-methyl/N-ethyl adjacent to an activating group) is 1. The Morgan fingerprint density at radius 1 is 1.42 bits per heavy atom. The van der Waals surface area contributed by atoms with E-state index in [-0.39, 0.29) is 0 Å². The molecule has 1 atom stereocenters. The number of hydrogen-bond donors (Lipinski definition) is 1. The van der Waals surface area contributed by atoms with E-state index < -0.39 is 0 Å². The van der Waals surface area contributed by atoms with Crippen molar-refractivity contribution in [1.29, 1.82) is 0 Å². The zero-order chi connectivity index (χ0) is 13.7. The van der Waals surface area contributed by atoms with Gasteiger partial charge in [-0.05, 0) is 23.9 Å². The van der Waals surface area contributed by atoms with Gasteiger partial charge in [0.25, 0.3) is 0 Å². The molecule has 0 aliphatic carbocycles. The number of nitrogens with one attached hydrogen (secondary N) is 1. The van der Waals surface area contributed by atoms with Crippen molar-refractivity contribution in [2.45, 2.75) is 39.7 Å². The maximum Gasteiger partial charge on any atom is 0.228 e. The van der Waals surface area contributed by atoms with Gasteiger partial charge in [-0.1, -0.05) is 32.0 Å². The summed E-state index contributed by atoms with van der Waals surface area (Å²) in [6.45, 7) is 7.48. The largest absolute Gasteiger partial charge is 0.339 e. The van der Waals surface area contributed by atoms with Crippen molar-refractivity contribution in [2.75, 3.05) is 6.54 Å². The van der Waals surface area contributed by atoms with Crippen molar-refractivity contribution >= 4 is 11.3 Å². The van der Waals surface area contributed by atoms with Crippen LogP contribution in [0.5, 0.6) is 0 Å². The van der Waals surface area contributed by atoms with Crippen LogP contribution in [0.2, 0.25) is 0 Å². The van der Waals surface area contributed by atoms with Gasteiger partial charge in [0, 0.05) is 23.8 Å². The average Bonchev–Trinajstić information content (AvgIpc) is 3.01. The van der Waals surface area contributed by atoms with Gasteiger partial charge in [-0.25, -0.2) is 0 Å². The fourth-order valence-corrected chi connectivity index (χ4v) is 2.71. The minimum absolute atomic E-state index is 0.389. The molecule has 4 nitrogen and oxygen atoms in total. The smallest absolute Gasteiger partial charge is 0.228 e.